The first-order valence-corrected chi connectivity index (χ1v) is 4.60. The van der Waals surface area contributed by atoms with Crippen molar-refractivity contribution >= 4 is 11.6 Å². The van der Waals surface area contributed by atoms with Crippen LogP contribution in [0.2, 0.25) is 5.02 Å². The van der Waals surface area contributed by atoms with E-state index in [4.69, 9.17) is 11.6 Å². The zero-order chi connectivity index (χ0) is 11.8. The summed E-state index contributed by atoms with van der Waals surface area (Å²) in [7, 11) is 0. The van der Waals surface area contributed by atoms with Gasteiger partial charge in [0, 0.05) is 10.6 Å². The van der Waals surface area contributed by atoms with Crippen LogP contribution in [0, 0.1) is 0 Å². The molecule has 0 spiro atoms. The number of aromatic nitrogens is 3. The lowest BCUT2D eigenvalue weighted by atomic mass is 10.2. The molecule has 3 nitrogen and oxygen atoms in total. The van der Waals surface area contributed by atoms with Crippen LogP contribution >= 0.6 is 11.6 Å². The molecule has 2 aromatic rings. The molecule has 0 bridgehead atoms. The summed E-state index contributed by atoms with van der Waals surface area (Å²) in [5.41, 5.74) is 0.469. The first-order chi connectivity index (χ1) is 7.47. The van der Waals surface area contributed by atoms with E-state index in [1.807, 2.05) is 5.10 Å². The number of nitrogens with one attached hydrogen (secondary N) is 1. The number of halogens is 4. The van der Waals surface area contributed by atoms with Gasteiger partial charge in [0.15, 0.2) is 5.82 Å². The molecule has 0 unspecified atom stereocenters. The largest absolute Gasteiger partial charge is 0.451 e. The Morgan fingerprint density at radius 2 is 1.75 bits per heavy atom. The summed E-state index contributed by atoms with van der Waals surface area (Å²) in [4.78, 5) is 3.35. The molecule has 0 saturated carbocycles. The maximum atomic E-state index is 12.2. The average Bonchev–Trinajstić information content (AvgIpc) is 2.67. The fraction of sp³-hybridized carbons (Fsp3) is 0.111. The van der Waals surface area contributed by atoms with Crippen molar-refractivity contribution in [3.63, 3.8) is 0 Å². The molecule has 0 aliphatic carbocycles. The quantitative estimate of drug-likeness (QED) is 0.841. The van der Waals surface area contributed by atoms with Crippen molar-refractivity contribution in [3.05, 3.63) is 35.1 Å². The molecule has 7 heteroatoms. The minimum atomic E-state index is -4.52. The highest BCUT2D eigenvalue weighted by Crippen LogP contribution is 2.27. The van der Waals surface area contributed by atoms with Crippen LogP contribution in [0.1, 0.15) is 5.82 Å². The lowest BCUT2D eigenvalue weighted by molar-refractivity contribution is -0.144. The van der Waals surface area contributed by atoms with Crippen molar-refractivity contribution in [1.29, 1.82) is 0 Å². The lowest BCUT2D eigenvalue weighted by Crippen LogP contribution is -2.07. The topological polar surface area (TPSA) is 41.6 Å². The molecule has 1 N–H and O–H groups in total. The molecule has 84 valence electrons. The van der Waals surface area contributed by atoms with Gasteiger partial charge in [-0.2, -0.15) is 18.3 Å². The number of hydrogen-bond donors (Lipinski definition) is 1. The van der Waals surface area contributed by atoms with Gasteiger partial charge in [-0.05, 0) is 24.3 Å². The summed E-state index contributed by atoms with van der Waals surface area (Å²) in [6, 6.07) is 6.21. The lowest BCUT2D eigenvalue weighted by Gasteiger charge is -1.98. The number of rotatable bonds is 1. The molecule has 0 aliphatic rings. The normalized spacial score (nSPS) is 11.8. The van der Waals surface area contributed by atoms with Gasteiger partial charge < -0.3 is 0 Å². The van der Waals surface area contributed by atoms with Crippen molar-refractivity contribution in [2.24, 2.45) is 0 Å². The van der Waals surface area contributed by atoms with Crippen LogP contribution in [0.5, 0.6) is 0 Å². The molecule has 1 aromatic carbocycles. The van der Waals surface area contributed by atoms with Crippen LogP contribution in [0.15, 0.2) is 24.3 Å². The first kappa shape index (κ1) is 10.9. The fourth-order valence-electron chi connectivity index (χ4n) is 1.12. The van der Waals surface area contributed by atoms with Gasteiger partial charge in [-0.25, -0.2) is 4.98 Å². The van der Waals surface area contributed by atoms with Gasteiger partial charge in [-0.15, -0.1) is 0 Å². The Bertz CT molecular complexity index is 489. The minimum Gasteiger partial charge on any atom is -0.255 e. The minimum absolute atomic E-state index is 0.0102. The molecule has 0 fully saturated rings. The van der Waals surface area contributed by atoms with E-state index in [9.17, 15) is 13.2 Å². The van der Waals surface area contributed by atoms with E-state index in [0.29, 0.717) is 10.6 Å². The second kappa shape index (κ2) is 3.79. The number of H-pyrrole nitrogens is 1. The zero-order valence-corrected chi connectivity index (χ0v) is 8.47. The Kier molecular flexibility index (Phi) is 2.59. The van der Waals surface area contributed by atoms with Crippen LogP contribution in [-0.2, 0) is 6.18 Å². The second-order valence-corrected chi connectivity index (χ2v) is 3.45. The average molecular weight is 248 g/mol. The smallest absolute Gasteiger partial charge is 0.255 e. The van der Waals surface area contributed by atoms with E-state index in [2.05, 4.69) is 10.1 Å². The highest BCUT2D eigenvalue weighted by molar-refractivity contribution is 6.30. The van der Waals surface area contributed by atoms with Crippen molar-refractivity contribution in [2.45, 2.75) is 6.18 Å². The molecule has 0 amide bonds. The SMILES string of the molecule is FC(F)(F)c1nc(-c2ccc(Cl)cc2)n[nH]1. The highest BCUT2D eigenvalue weighted by Gasteiger charge is 2.35. The van der Waals surface area contributed by atoms with Crippen molar-refractivity contribution in [1.82, 2.24) is 15.2 Å². The van der Waals surface area contributed by atoms with Crippen molar-refractivity contribution < 1.29 is 13.2 Å². The van der Waals surface area contributed by atoms with Crippen LogP contribution in [0.25, 0.3) is 11.4 Å². The molecular formula is C9H5ClF3N3. The third kappa shape index (κ3) is 2.16. The number of alkyl halides is 3. The van der Waals surface area contributed by atoms with Gasteiger partial charge >= 0.3 is 6.18 Å². The monoisotopic (exact) mass is 247 g/mol. The predicted molar refractivity (Wildman–Crippen MR) is 51.8 cm³/mol. The Hall–Kier alpha value is -1.56. The van der Waals surface area contributed by atoms with E-state index in [1.165, 1.54) is 0 Å². The van der Waals surface area contributed by atoms with E-state index < -0.39 is 12.0 Å². The molecule has 0 saturated heterocycles. The summed E-state index contributed by atoms with van der Waals surface area (Å²) in [5, 5.41) is 5.82. The molecule has 16 heavy (non-hydrogen) atoms. The summed E-state index contributed by atoms with van der Waals surface area (Å²) < 4.78 is 36.7. The molecule has 0 aliphatic heterocycles. The van der Waals surface area contributed by atoms with Crippen LogP contribution in [-0.4, -0.2) is 15.2 Å². The predicted octanol–water partition coefficient (Wildman–Crippen LogP) is 3.14. The van der Waals surface area contributed by atoms with Gasteiger partial charge in [0.25, 0.3) is 0 Å². The first-order valence-electron chi connectivity index (χ1n) is 4.22. The number of benzene rings is 1. The molecular weight excluding hydrogens is 243 g/mol. The summed E-state index contributed by atoms with van der Waals surface area (Å²) in [5.74, 6) is -1.12. The number of nitrogens with zero attached hydrogens (tertiary/aromatic N) is 2. The van der Waals surface area contributed by atoms with E-state index >= 15 is 0 Å². The summed E-state index contributed by atoms with van der Waals surface area (Å²) >= 11 is 5.65. The van der Waals surface area contributed by atoms with Crippen LogP contribution < -0.4 is 0 Å². The van der Waals surface area contributed by atoms with E-state index in [1.54, 1.807) is 24.3 Å². The van der Waals surface area contributed by atoms with Gasteiger partial charge in [-0.1, -0.05) is 11.6 Å². The van der Waals surface area contributed by atoms with Gasteiger partial charge in [0.2, 0.25) is 5.82 Å². The number of aromatic amines is 1. The third-order valence-corrected chi connectivity index (χ3v) is 2.11. The molecule has 1 aromatic heterocycles. The maximum absolute atomic E-state index is 12.2. The van der Waals surface area contributed by atoms with Gasteiger partial charge in [0.1, 0.15) is 0 Å². The van der Waals surface area contributed by atoms with Gasteiger partial charge in [0.05, 0.1) is 0 Å². The summed E-state index contributed by atoms with van der Waals surface area (Å²) in [6.45, 7) is 0. The summed E-state index contributed by atoms with van der Waals surface area (Å²) in [6.07, 6.45) is -4.52. The molecule has 2 rings (SSSR count). The number of hydrogen-bond acceptors (Lipinski definition) is 2. The Morgan fingerprint density at radius 3 is 2.25 bits per heavy atom. The molecule has 1 heterocycles. The van der Waals surface area contributed by atoms with Crippen LogP contribution in [0.4, 0.5) is 13.2 Å². The van der Waals surface area contributed by atoms with E-state index in [0.717, 1.165) is 0 Å². The maximum Gasteiger partial charge on any atom is 0.451 e. The third-order valence-electron chi connectivity index (χ3n) is 1.86. The zero-order valence-electron chi connectivity index (χ0n) is 7.72. The highest BCUT2D eigenvalue weighted by atomic mass is 35.5. The molecule has 0 radical (unpaired) electrons. The van der Waals surface area contributed by atoms with Crippen molar-refractivity contribution in [3.8, 4) is 11.4 Å². The van der Waals surface area contributed by atoms with Gasteiger partial charge in [-0.3, -0.25) is 5.10 Å². The standard InChI is InChI=1S/C9H5ClF3N3/c10-6-3-1-5(2-4-6)7-14-8(16-15-7)9(11,12)13/h1-4H,(H,14,15,16). The fourth-order valence-corrected chi connectivity index (χ4v) is 1.24. The second-order valence-electron chi connectivity index (χ2n) is 3.01. The van der Waals surface area contributed by atoms with Crippen molar-refractivity contribution in [2.75, 3.05) is 0 Å². The Balaban J connectivity index is 2.35. The van der Waals surface area contributed by atoms with Crippen LogP contribution in [0.3, 0.4) is 0 Å². The van der Waals surface area contributed by atoms with E-state index in [-0.39, 0.29) is 5.82 Å². The Labute approximate surface area is 93.3 Å². The molecule has 0 atom stereocenters. The Morgan fingerprint density at radius 1 is 1.12 bits per heavy atom.